The second-order valence-corrected chi connectivity index (χ2v) is 7.72. The van der Waals surface area contributed by atoms with Gasteiger partial charge >= 0.3 is 0 Å². The minimum atomic E-state index is -4.27. The van der Waals surface area contributed by atoms with Gasteiger partial charge < -0.3 is 4.74 Å². The molecule has 0 saturated heterocycles. The van der Waals surface area contributed by atoms with Crippen LogP contribution in [-0.2, 0) is 21.2 Å². The zero-order valence-corrected chi connectivity index (χ0v) is 14.8. The van der Waals surface area contributed by atoms with Crippen molar-refractivity contribution < 1.29 is 22.3 Å². The highest BCUT2D eigenvalue weighted by molar-refractivity contribution is 7.90. The fraction of sp³-hybridized carbons (Fsp3) is 0.235. The Balaban J connectivity index is 1.88. The molecule has 5 nitrogen and oxygen atoms in total. The fourth-order valence-electron chi connectivity index (χ4n) is 3.03. The first-order chi connectivity index (χ1) is 11.8. The molecule has 132 valence electrons. The first kappa shape index (κ1) is 17.7. The largest absolute Gasteiger partial charge is 0.496 e. The van der Waals surface area contributed by atoms with E-state index >= 15 is 0 Å². The van der Waals surface area contributed by atoms with Gasteiger partial charge in [0.1, 0.15) is 16.5 Å². The second-order valence-electron chi connectivity index (χ2n) is 5.66. The number of amides is 1. The molecule has 1 aliphatic carbocycles. The van der Waals surface area contributed by atoms with Crippen molar-refractivity contribution in [3.63, 3.8) is 0 Å². The van der Waals surface area contributed by atoms with E-state index in [1.54, 1.807) is 25.3 Å². The van der Waals surface area contributed by atoms with Gasteiger partial charge in [0.05, 0.1) is 18.1 Å². The molecule has 1 amide bonds. The first-order valence-electron chi connectivity index (χ1n) is 7.51. The molecule has 0 saturated carbocycles. The van der Waals surface area contributed by atoms with Crippen LogP contribution >= 0.6 is 11.6 Å². The van der Waals surface area contributed by atoms with E-state index in [1.165, 1.54) is 0 Å². The molecule has 3 rings (SSSR count). The molecule has 1 aliphatic rings. The van der Waals surface area contributed by atoms with Gasteiger partial charge in [-0.15, -0.1) is 0 Å². The summed E-state index contributed by atoms with van der Waals surface area (Å²) in [4.78, 5) is 12.1. The van der Waals surface area contributed by atoms with Crippen LogP contribution in [0.25, 0.3) is 0 Å². The number of sulfonamides is 1. The van der Waals surface area contributed by atoms with Crippen molar-refractivity contribution in [3.05, 3.63) is 58.4 Å². The van der Waals surface area contributed by atoms with E-state index in [1.807, 2.05) is 4.72 Å². The average molecular weight is 384 g/mol. The van der Waals surface area contributed by atoms with Crippen molar-refractivity contribution in [2.24, 2.45) is 0 Å². The van der Waals surface area contributed by atoms with Crippen molar-refractivity contribution in [1.82, 2.24) is 4.72 Å². The molecule has 0 spiro atoms. The zero-order chi connectivity index (χ0) is 18.2. The summed E-state index contributed by atoms with van der Waals surface area (Å²) in [6, 6.07) is 8.28. The minimum Gasteiger partial charge on any atom is -0.496 e. The van der Waals surface area contributed by atoms with Crippen molar-refractivity contribution in [1.29, 1.82) is 0 Å². The smallest absolute Gasteiger partial charge is 0.265 e. The van der Waals surface area contributed by atoms with Crippen LogP contribution in [0.3, 0.4) is 0 Å². The summed E-state index contributed by atoms with van der Waals surface area (Å²) < 4.78 is 45.4. The summed E-state index contributed by atoms with van der Waals surface area (Å²) in [5.74, 6) is -1.38. The van der Waals surface area contributed by atoms with Gasteiger partial charge in [-0.25, -0.2) is 17.5 Å². The number of fused-ring (bicyclic) bond motifs is 1. The molecule has 2 aromatic carbocycles. The van der Waals surface area contributed by atoms with Gasteiger partial charge in [-0.1, -0.05) is 23.7 Å². The molecule has 0 radical (unpaired) electrons. The maximum Gasteiger partial charge on any atom is 0.265 e. The Kier molecular flexibility index (Phi) is 4.71. The number of benzene rings is 2. The molecule has 1 atom stereocenters. The summed E-state index contributed by atoms with van der Waals surface area (Å²) in [7, 11) is -2.73. The van der Waals surface area contributed by atoms with E-state index in [-0.39, 0.29) is 5.02 Å². The standard InChI is InChI=1S/C17H15ClFNO4S/c1-24-15-4-2-3-11-12(15)6-7-13(11)17(21)20-25(22,23)16-9-10(19)5-8-14(16)18/h2-5,8-9,13H,6-7H2,1H3,(H,20,21). The van der Waals surface area contributed by atoms with Gasteiger partial charge in [0.25, 0.3) is 10.0 Å². The summed E-state index contributed by atoms with van der Waals surface area (Å²) >= 11 is 5.83. The van der Waals surface area contributed by atoms with E-state index in [9.17, 15) is 17.6 Å². The van der Waals surface area contributed by atoms with Gasteiger partial charge in [0, 0.05) is 0 Å². The second kappa shape index (κ2) is 6.65. The number of rotatable bonds is 4. The van der Waals surface area contributed by atoms with Crippen LogP contribution in [0, 0.1) is 5.82 Å². The number of methoxy groups -OCH3 is 1. The van der Waals surface area contributed by atoms with Crippen LogP contribution in [0.2, 0.25) is 5.02 Å². The van der Waals surface area contributed by atoms with E-state index in [0.717, 1.165) is 29.3 Å². The lowest BCUT2D eigenvalue weighted by molar-refractivity contribution is -0.120. The topological polar surface area (TPSA) is 72.5 Å². The van der Waals surface area contributed by atoms with Crippen LogP contribution in [0.4, 0.5) is 4.39 Å². The van der Waals surface area contributed by atoms with Gasteiger partial charge in [-0.2, -0.15) is 0 Å². The highest BCUT2D eigenvalue weighted by Crippen LogP contribution is 2.38. The number of ether oxygens (including phenoxy) is 1. The van der Waals surface area contributed by atoms with E-state index in [2.05, 4.69) is 0 Å². The number of hydrogen-bond acceptors (Lipinski definition) is 4. The van der Waals surface area contributed by atoms with Crippen LogP contribution in [0.5, 0.6) is 5.75 Å². The van der Waals surface area contributed by atoms with Crippen molar-refractivity contribution in [3.8, 4) is 5.75 Å². The summed E-state index contributed by atoms with van der Waals surface area (Å²) in [6.45, 7) is 0. The normalized spacial score (nSPS) is 16.4. The van der Waals surface area contributed by atoms with Crippen LogP contribution < -0.4 is 9.46 Å². The Morgan fingerprint density at radius 2 is 2.08 bits per heavy atom. The predicted octanol–water partition coefficient (Wildman–Crippen LogP) is 3.02. The maximum absolute atomic E-state index is 13.3. The monoisotopic (exact) mass is 383 g/mol. The molecule has 0 aliphatic heterocycles. The molecule has 8 heteroatoms. The van der Waals surface area contributed by atoms with Crippen LogP contribution in [-0.4, -0.2) is 21.4 Å². The highest BCUT2D eigenvalue weighted by atomic mass is 35.5. The maximum atomic E-state index is 13.3. The summed E-state index contributed by atoms with van der Waals surface area (Å²) in [5, 5.41) is -0.157. The zero-order valence-electron chi connectivity index (χ0n) is 13.3. The lowest BCUT2D eigenvalue weighted by Crippen LogP contribution is -2.34. The molecular weight excluding hydrogens is 369 g/mol. The molecular formula is C17H15ClFNO4S. The molecule has 0 heterocycles. The fourth-order valence-corrected chi connectivity index (χ4v) is 4.56. The Morgan fingerprint density at radius 3 is 2.80 bits per heavy atom. The lowest BCUT2D eigenvalue weighted by Gasteiger charge is -2.14. The van der Waals surface area contributed by atoms with Crippen molar-refractivity contribution >= 4 is 27.5 Å². The third-order valence-electron chi connectivity index (χ3n) is 4.18. The molecule has 0 aromatic heterocycles. The molecule has 0 fully saturated rings. The quantitative estimate of drug-likeness (QED) is 0.880. The number of halogens is 2. The number of carbonyl (C=O) groups is 1. The minimum absolute atomic E-state index is 0.157. The molecule has 2 aromatic rings. The SMILES string of the molecule is COc1cccc2c1CCC2C(=O)NS(=O)(=O)c1cc(F)ccc1Cl. The predicted molar refractivity (Wildman–Crippen MR) is 90.8 cm³/mol. The Hall–Kier alpha value is -2.12. The Bertz CT molecular complexity index is 946. The highest BCUT2D eigenvalue weighted by Gasteiger charge is 2.33. The van der Waals surface area contributed by atoms with Crippen molar-refractivity contribution in [2.75, 3.05) is 7.11 Å². The number of carbonyl (C=O) groups excluding carboxylic acids is 1. The summed E-state index contributed by atoms with van der Waals surface area (Å²) in [5.41, 5.74) is 1.63. The van der Waals surface area contributed by atoms with Crippen molar-refractivity contribution in [2.45, 2.75) is 23.7 Å². The third kappa shape index (κ3) is 3.34. The van der Waals surface area contributed by atoms with E-state index in [0.29, 0.717) is 18.6 Å². The molecule has 25 heavy (non-hydrogen) atoms. The lowest BCUT2D eigenvalue weighted by atomic mass is 10.0. The Morgan fingerprint density at radius 1 is 1.32 bits per heavy atom. The molecule has 1 unspecified atom stereocenters. The van der Waals surface area contributed by atoms with Gasteiger partial charge in [0.2, 0.25) is 5.91 Å². The number of hydrogen-bond donors (Lipinski definition) is 1. The van der Waals surface area contributed by atoms with Gasteiger partial charge in [-0.05, 0) is 48.2 Å². The number of nitrogens with one attached hydrogen (secondary N) is 1. The average Bonchev–Trinajstić information content (AvgIpc) is 3.00. The Labute approximate surface area is 149 Å². The molecule has 1 N–H and O–H groups in total. The van der Waals surface area contributed by atoms with Crippen LogP contribution in [0.15, 0.2) is 41.3 Å². The first-order valence-corrected chi connectivity index (χ1v) is 9.37. The summed E-state index contributed by atoms with van der Waals surface area (Å²) in [6.07, 6.45) is 1.08. The third-order valence-corrected chi connectivity index (χ3v) is 6.01. The van der Waals surface area contributed by atoms with Gasteiger partial charge in [-0.3, -0.25) is 4.79 Å². The van der Waals surface area contributed by atoms with Crippen LogP contribution in [0.1, 0.15) is 23.5 Å². The van der Waals surface area contributed by atoms with E-state index < -0.39 is 32.6 Å². The van der Waals surface area contributed by atoms with Gasteiger partial charge in [0.15, 0.2) is 0 Å². The molecule has 0 bridgehead atoms. The van der Waals surface area contributed by atoms with E-state index in [4.69, 9.17) is 16.3 Å².